The molecule has 0 unspecified atom stereocenters. The predicted molar refractivity (Wildman–Crippen MR) is 97.0 cm³/mol. The van der Waals surface area contributed by atoms with Crippen LogP contribution in [0, 0.1) is 0 Å². The topological polar surface area (TPSA) is 69.9 Å². The first-order valence-electron chi connectivity index (χ1n) is 7.87. The van der Waals surface area contributed by atoms with Crippen LogP contribution in [-0.2, 0) is 6.54 Å². The molecule has 0 saturated heterocycles. The molecule has 3 aromatic rings. The Bertz CT molecular complexity index is 847. The molecule has 3 rings (SSSR count). The maximum absolute atomic E-state index is 12.2. The monoisotopic (exact) mass is 354 g/mol. The first kappa shape index (κ1) is 17.2. The van der Waals surface area contributed by atoms with Gasteiger partial charge < -0.3 is 9.30 Å². The summed E-state index contributed by atoms with van der Waals surface area (Å²) in [5.41, 5.74) is 1.42. The highest BCUT2D eigenvalue weighted by molar-refractivity contribution is 7.99. The minimum absolute atomic E-state index is 0.0257. The molecule has 128 valence electrons. The van der Waals surface area contributed by atoms with Crippen LogP contribution in [0.5, 0.6) is 5.75 Å². The van der Waals surface area contributed by atoms with Crippen molar-refractivity contribution in [2.75, 3.05) is 12.9 Å². The maximum atomic E-state index is 12.2. The van der Waals surface area contributed by atoms with Crippen molar-refractivity contribution in [1.82, 2.24) is 19.7 Å². The molecule has 1 aromatic carbocycles. The van der Waals surface area contributed by atoms with Crippen molar-refractivity contribution in [2.45, 2.75) is 18.6 Å². The number of pyridine rings is 1. The number of hydrogen-bond donors (Lipinski definition) is 0. The van der Waals surface area contributed by atoms with Gasteiger partial charge in [0, 0.05) is 18.3 Å². The molecule has 0 radical (unpaired) electrons. The van der Waals surface area contributed by atoms with Gasteiger partial charge in [-0.1, -0.05) is 17.8 Å². The first-order chi connectivity index (χ1) is 12.2. The summed E-state index contributed by atoms with van der Waals surface area (Å²) in [7, 11) is 1.64. The van der Waals surface area contributed by atoms with Gasteiger partial charge in [0.1, 0.15) is 11.4 Å². The number of ketones is 1. The second-order valence-corrected chi connectivity index (χ2v) is 6.15. The van der Waals surface area contributed by atoms with E-state index < -0.39 is 0 Å². The van der Waals surface area contributed by atoms with Crippen LogP contribution in [0.1, 0.15) is 17.4 Å². The van der Waals surface area contributed by atoms with E-state index in [0.29, 0.717) is 12.2 Å². The number of carbonyl (C=O) groups excluding carboxylic acids is 1. The minimum Gasteiger partial charge on any atom is -0.497 e. The summed E-state index contributed by atoms with van der Waals surface area (Å²) in [5.74, 6) is 1.82. The van der Waals surface area contributed by atoms with Crippen molar-refractivity contribution >= 4 is 17.5 Å². The lowest BCUT2D eigenvalue weighted by Crippen LogP contribution is -2.06. The Hall–Kier alpha value is -2.67. The molecule has 0 aliphatic heterocycles. The van der Waals surface area contributed by atoms with Crippen LogP contribution >= 0.6 is 11.8 Å². The highest BCUT2D eigenvalue weighted by Gasteiger charge is 2.15. The van der Waals surface area contributed by atoms with E-state index in [4.69, 9.17) is 4.74 Å². The highest BCUT2D eigenvalue weighted by atomic mass is 32.2. The van der Waals surface area contributed by atoms with Gasteiger partial charge in [0.15, 0.2) is 16.8 Å². The number of benzene rings is 1. The molecule has 0 atom stereocenters. The van der Waals surface area contributed by atoms with E-state index in [-0.39, 0.29) is 11.5 Å². The Morgan fingerprint density at radius 2 is 1.96 bits per heavy atom. The Morgan fingerprint density at radius 1 is 1.16 bits per heavy atom. The molecule has 0 spiro atoms. The molecule has 0 amide bonds. The molecule has 2 aromatic heterocycles. The number of thioether (sulfide) groups is 1. The SMILES string of the molecule is CCn1c(SCC(=O)c2ccccn2)nnc1-c1ccc(OC)cc1. The van der Waals surface area contributed by atoms with Gasteiger partial charge in [-0.2, -0.15) is 0 Å². The van der Waals surface area contributed by atoms with E-state index in [0.717, 1.165) is 22.3 Å². The van der Waals surface area contributed by atoms with Crippen molar-refractivity contribution < 1.29 is 9.53 Å². The van der Waals surface area contributed by atoms with Crippen LogP contribution in [0.2, 0.25) is 0 Å². The maximum Gasteiger partial charge on any atom is 0.191 e. The zero-order valence-corrected chi connectivity index (χ0v) is 14.9. The summed E-state index contributed by atoms with van der Waals surface area (Å²) >= 11 is 1.37. The fourth-order valence-corrected chi connectivity index (χ4v) is 3.24. The van der Waals surface area contributed by atoms with E-state index in [1.807, 2.05) is 35.8 Å². The van der Waals surface area contributed by atoms with Crippen LogP contribution in [0.15, 0.2) is 53.8 Å². The third kappa shape index (κ3) is 3.88. The molecule has 0 aliphatic rings. The van der Waals surface area contributed by atoms with Crippen LogP contribution in [0.4, 0.5) is 0 Å². The van der Waals surface area contributed by atoms with Crippen molar-refractivity contribution in [3.05, 3.63) is 54.4 Å². The molecule has 0 aliphatic carbocycles. The fraction of sp³-hybridized carbons (Fsp3) is 0.222. The zero-order chi connectivity index (χ0) is 17.6. The van der Waals surface area contributed by atoms with Crippen molar-refractivity contribution in [3.63, 3.8) is 0 Å². The van der Waals surface area contributed by atoms with Gasteiger partial charge in [-0.3, -0.25) is 9.78 Å². The molecule has 6 nitrogen and oxygen atoms in total. The lowest BCUT2D eigenvalue weighted by molar-refractivity contribution is 0.101. The minimum atomic E-state index is -0.0257. The van der Waals surface area contributed by atoms with E-state index in [1.165, 1.54) is 11.8 Å². The quantitative estimate of drug-likeness (QED) is 0.479. The van der Waals surface area contributed by atoms with E-state index in [1.54, 1.807) is 31.5 Å². The smallest absolute Gasteiger partial charge is 0.191 e. The average molecular weight is 354 g/mol. The molecule has 0 N–H and O–H groups in total. The fourth-order valence-electron chi connectivity index (χ4n) is 2.37. The van der Waals surface area contributed by atoms with Gasteiger partial charge in [0.25, 0.3) is 0 Å². The average Bonchev–Trinajstić information content (AvgIpc) is 3.09. The summed E-state index contributed by atoms with van der Waals surface area (Å²) in [6.07, 6.45) is 1.62. The summed E-state index contributed by atoms with van der Waals surface area (Å²) < 4.78 is 7.18. The summed E-state index contributed by atoms with van der Waals surface area (Å²) in [5, 5.41) is 9.25. The number of nitrogens with zero attached hydrogens (tertiary/aromatic N) is 4. The zero-order valence-electron chi connectivity index (χ0n) is 14.0. The van der Waals surface area contributed by atoms with Crippen LogP contribution in [0.25, 0.3) is 11.4 Å². The van der Waals surface area contributed by atoms with Crippen molar-refractivity contribution in [1.29, 1.82) is 0 Å². The molecule has 2 heterocycles. The van der Waals surface area contributed by atoms with Crippen LogP contribution in [-0.4, -0.2) is 38.4 Å². The normalized spacial score (nSPS) is 10.6. The number of Topliss-reactive ketones (excluding diaryl/α,β-unsaturated/α-hetero) is 1. The van der Waals surface area contributed by atoms with E-state index >= 15 is 0 Å². The van der Waals surface area contributed by atoms with E-state index in [9.17, 15) is 4.79 Å². The van der Waals surface area contributed by atoms with Crippen LogP contribution < -0.4 is 4.74 Å². The van der Waals surface area contributed by atoms with Gasteiger partial charge in [-0.05, 0) is 43.3 Å². The first-order valence-corrected chi connectivity index (χ1v) is 8.86. The number of hydrogen-bond acceptors (Lipinski definition) is 6. The molecule has 0 fully saturated rings. The Balaban J connectivity index is 1.76. The largest absolute Gasteiger partial charge is 0.497 e. The number of rotatable bonds is 7. The van der Waals surface area contributed by atoms with Gasteiger partial charge in [0.2, 0.25) is 0 Å². The number of aromatic nitrogens is 4. The van der Waals surface area contributed by atoms with Crippen molar-refractivity contribution in [3.8, 4) is 17.1 Å². The molecule has 25 heavy (non-hydrogen) atoms. The molecular weight excluding hydrogens is 336 g/mol. The molecule has 0 saturated carbocycles. The number of ether oxygens (including phenoxy) is 1. The second-order valence-electron chi connectivity index (χ2n) is 5.21. The van der Waals surface area contributed by atoms with Gasteiger partial charge in [0.05, 0.1) is 12.9 Å². The summed E-state index contributed by atoms with van der Waals surface area (Å²) in [6, 6.07) is 13.0. The Kier molecular flexibility index (Phi) is 5.45. The van der Waals surface area contributed by atoms with E-state index in [2.05, 4.69) is 15.2 Å². The third-order valence-electron chi connectivity index (χ3n) is 3.66. The summed E-state index contributed by atoms with van der Waals surface area (Å²) in [4.78, 5) is 16.3. The van der Waals surface area contributed by atoms with Gasteiger partial charge in [-0.25, -0.2) is 0 Å². The van der Waals surface area contributed by atoms with Gasteiger partial charge >= 0.3 is 0 Å². The molecule has 0 bridgehead atoms. The predicted octanol–water partition coefficient (Wildman–Crippen LogP) is 3.34. The summed E-state index contributed by atoms with van der Waals surface area (Å²) in [6.45, 7) is 2.75. The molecule has 7 heteroatoms. The second kappa shape index (κ2) is 7.94. The van der Waals surface area contributed by atoms with Gasteiger partial charge in [-0.15, -0.1) is 10.2 Å². The number of carbonyl (C=O) groups is 1. The molecular formula is C18H18N4O2S. The Morgan fingerprint density at radius 3 is 2.60 bits per heavy atom. The van der Waals surface area contributed by atoms with Crippen LogP contribution in [0.3, 0.4) is 0 Å². The number of methoxy groups -OCH3 is 1. The standard InChI is InChI=1S/C18H18N4O2S/c1-3-22-17(13-7-9-14(24-2)10-8-13)20-21-18(22)25-12-16(23)15-6-4-5-11-19-15/h4-11H,3,12H2,1-2H3. The third-order valence-corrected chi connectivity index (χ3v) is 4.63. The van der Waals surface area contributed by atoms with Crippen molar-refractivity contribution in [2.24, 2.45) is 0 Å². The Labute approximate surface area is 150 Å². The lowest BCUT2D eigenvalue weighted by atomic mass is 10.2. The lowest BCUT2D eigenvalue weighted by Gasteiger charge is -2.07. The highest BCUT2D eigenvalue weighted by Crippen LogP contribution is 2.25.